The molecular formula is C22H26FN3O2S. The van der Waals surface area contributed by atoms with Gasteiger partial charge < -0.3 is 4.57 Å². The topological polar surface area (TPSA) is 55.2 Å². The summed E-state index contributed by atoms with van der Waals surface area (Å²) in [4.78, 5) is 4.60. The van der Waals surface area contributed by atoms with Crippen molar-refractivity contribution in [3.05, 3.63) is 83.7 Å². The Hall–Kier alpha value is -2.51. The minimum Gasteiger partial charge on any atom is -0.329 e. The molecule has 0 fully saturated rings. The number of benzene rings is 2. The lowest BCUT2D eigenvalue weighted by Crippen LogP contribution is -2.34. The summed E-state index contributed by atoms with van der Waals surface area (Å²) in [5.74, 6) is 0.424. The monoisotopic (exact) mass is 415 g/mol. The van der Waals surface area contributed by atoms with Crippen LogP contribution in [0, 0.1) is 18.7 Å². The summed E-state index contributed by atoms with van der Waals surface area (Å²) in [7, 11) is -3.68. The van der Waals surface area contributed by atoms with Crippen molar-refractivity contribution in [3.8, 4) is 0 Å². The number of imidazole rings is 1. The van der Waals surface area contributed by atoms with Gasteiger partial charge in [0.05, 0.1) is 18.0 Å². The minimum absolute atomic E-state index is 0.121. The zero-order chi connectivity index (χ0) is 21.0. The van der Waals surface area contributed by atoms with Crippen LogP contribution in [0.4, 0.5) is 4.39 Å². The number of aryl methyl sites for hydroxylation is 1. The largest absolute Gasteiger partial charge is 0.329 e. The highest BCUT2D eigenvalue weighted by atomic mass is 32.2. The second-order valence-corrected chi connectivity index (χ2v) is 9.51. The molecule has 0 N–H and O–H groups in total. The molecule has 0 radical (unpaired) electrons. The van der Waals surface area contributed by atoms with Gasteiger partial charge >= 0.3 is 0 Å². The van der Waals surface area contributed by atoms with Gasteiger partial charge in [0, 0.05) is 24.5 Å². The van der Waals surface area contributed by atoms with E-state index in [0.717, 1.165) is 5.56 Å². The van der Waals surface area contributed by atoms with E-state index in [1.165, 1.54) is 10.4 Å². The quantitative estimate of drug-likeness (QED) is 0.553. The SMILES string of the molecule is Cc1ccc(S(=O)(=O)N(Cc2nccn2Cc2ccccc2F)CC(C)C)cc1. The molecule has 1 heterocycles. The molecule has 0 saturated carbocycles. The van der Waals surface area contributed by atoms with Gasteiger partial charge in [-0.2, -0.15) is 4.31 Å². The van der Waals surface area contributed by atoms with Crippen LogP contribution in [0.3, 0.4) is 0 Å². The van der Waals surface area contributed by atoms with E-state index in [9.17, 15) is 12.8 Å². The molecule has 1 aromatic heterocycles. The predicted molar refractivity (Wildman–Crippen MR) is 111 cm³/mol. The maximum atomic E-state index is 14.1. The van der Waals surface area contributed by atoms with Crippen LogP contribution in [-0.4, -0.2) is 28.8 Å². The fourth-order valence-electron chi connectivity index (χ4n) is 3.12. The van der Waals surface area contributed by atoms with Gasteiger partial charge in [-0.15, -0.1) is 0 Å². The maximum absolute atomic E-state index is 14.1. The highest BCUT2D eigenvalue weighted by molar-refractivity contribution is 7.89. The molecule has 154 valence electrons. The predicted octanol–water partition coefficient (Wildman–Crippen LogP) is 4.23. The van der Waals surface area contributed by atoms with Crippen LogP contribution in [0.5, 0.6) is 0 Å². The Morgan fingerprint density at radius 2 is 1.79 bits per heavy atom. The third-order valence-corrected chi connectivity index (χ3v) is 6.47. The summed E-state index contributed by atoms with van der Waals surface area (Å²) < 4.78 is 43.8. The third kappa shape index (κ3) is 5.10. The van der Waals surface area contributed by atoms with Crippen LogP contribution in [0.15, 0.2) is 65.8 Å². The number of aromatic nitrogens is 2. The first-order chi connectivity index (χ1) is 13.8. The summed E-state index contributed by atoms with van der Waals surface area (Å²) >= 11 is 0. The van der Waals surface area contributed by atoms with Gasteiger partial charge in [0.1, 0.15) is 11.6 Å². The second-order valence-electron chi connectivity index (χ2n) is 7.57. The average molecular weight is 416 g/mol. The zero-order valence-electron chi connectivity index (χ0n) is 16.9. The molecule has 3 aromatic rings. The van der Waals surface area contributed by atoms with Gasteiger partial charge in [-0.3, -0.25) is 0 Å². The van der Waals surface area contributed by atoms with E-state index in [2.05, 4.69) is 4.98 Å². The van der Waals surface area contributed by atoms with Crippen LogP contribution < -0.4 is 0 Å². The van der Waals surface area contributed by atoms with Gasteiger partial charge in [0.25, 0.3) is 0 Å². The molecule has 0 bridgehead atoms. The van der Waals surface area contributed by atoms with E-state index in [-0.39, 0.29) is 23.2 Å². The number of halogens is 1. The molecule has 0 saturated heterocycles. The van der Waals surface area contributed by atoms with Crippen molar-refractivity contribution in [1.29, 1.82) is 0 Å². The number of hydrogen-bond acceptors (Lipinski definition) is 3. The lowest BCUT2D eigenvalue weighted by molar-refractivity contribution is 0.350. The summed E-state index contributed by atoms with van der Waals surface area (Å²) in [6.45, 7) is 6.65. The molecule has 0 atom stereocenters. The van der Waals surface area contributed by atoms with Crippen LogP contribution in [0.2, 0.25) is 0 Å². The van der Waals surface area contributed by atoms with Crippen LogP contribution in [-0.2, 0) is 23.1 Å². The normalized spacial score (nSPS) is 12.1. The van der Waals surface area contributed by atoms with E-state index < -0.39 is 10.0 Å². The van der Waals surface area contributed by atoms with Crippen molar-refractivity contribution in [2.45, 2.75) is 38.8 Å². The van der Waals surface area contributed by atoms with E-state index >= 15 is 0 Å². The Labute approximate surface area is 171 Å². The lowest BCUT2D eigenvalue weighted by Gasteiger charge is -2.24. The number of nitrogens with zero attached hydrogens (tertiary/aromatic N) is 3. The summed E-state index contributed by atoms with van der Waals surface area (Å²) in [5.41, 5.74) is 1.53. The first-order valence-corrected chi connectivity index (χ1v) is 11.0. The van der Waals surface area contributed by atoms with Gasteiger partial charge in [-0.25, -0.2) is 17.8 Å². The van der Waals surface area contributed by atoms with E-state index in [1.807, 2.05) is 20.8 Å². The molecule has 7 heteroatoms. The van der Waals surface area contributed by atoms with Crippen molar-refractivity contribution < 1.29 is 12.8 Å². The van der Waals surface area contributed by atoms with Crippen molar-refractivity contribution in [3.63, 3.8) is 0 Å². The molecule has 0 amide bonds. The average Bonchev–Trinajstić information content (AvgIpc) is 3.10. The van der Waals surface area contributed by atoms with Gasteiger partial charge in [-0.05, 0) is 31.0 Å². The summed E-state index contributed by atoms with van der Waals surface area (Å²) in [6.07, 6.45) is 3.36. The van der Waals surface area contributed by atoms with E-state index in [4.69, 9.17) is 0 Å². The fourth-order valence-corrected chi connectivity index (χ4v) is 4.68. The Balaban J connectivity index is 1.89. The highest BCUT2D eigenvalue weighted by Gasteiger charge is 2.26. The second kappa shape index (κ2) is 8.88. The first-order valence-electron chi connectivity index (χ1n) is 9.57. The molecule has 5 nitrogen and oxygen atoms in total. The molecular weight excluding hydrogens is 389 g/mol. The van der Waals surface area contributed by atoms with Gasteiger partial charge in [0.2, 0.25) is 10.0 Å². The molecule has 0 unspecified atom stereocenters. The molecule has 0 aliphatic rings. The Morgan fingerprint density at radius 1 is 1.10 bits per heavy atom. The van der Waals surface area contributed by atoms with E-state index in [0.29, 0.717) is 24.5 Å². The van der Waals surface area contributed by atoms with Crippen LogP contribution in [0.25, 0.3) is 0 Å². The van der Waals surface area contributed by atoms with Gasteiger partial charge in [-0.1, -0.05) is 49.7 Å². The molecule has 0 spiro atoms. The van der Waals surface area contributed by atoms with Crippen molar-refractivity contribution in [2.24, 2.45) is 5.92 Å². The van der Waals surface area contributed by atoms with E-state index in [1.54, 1.807) is 59.4 Å². The molecule has 29 heavy (non-hydrogen) atoms. The van der Waals surface area contributed by atoms with Gasteiger partial charge in [0.15, 0.2) is 0 Å². The minimum atomic E-state index is -3.68. The summed E-state index contributed by atoms with van der Waals surface area (Å²) in [6, 6.07) is 13.4. The number of rotatable bonds is 8. The van der Waals surface area contributed by atoms with Crippen molar-refractivity contribution in [1.82, 2.24) is 13.9 Å². The van der Waals surface area contributed by atoms with Crippen LogP contribution in [0.1, 0.15) is 30.8 Å². The molecule has 0 aliphatic heterocycles. The Bertz CT molecular complexity index is 1060. The molecule has 0 aliphatic carbocycles. The maximum Gasteiger partial charge on any atom is 0.243 e. The highest BCUT2D eigenvalue weighted by Crippen LogP contribution is 2.21. The Kier molecular flexibility index (Phi) is 6.49. The standard InChI is InChI=1S/C22H26FN3O2S/c1-17(2)14-26(29(27,28)20-10-8-18(3)9-11-20)16-22-24-12-13-25(22)15-19-6-4-5-7-21(19)23/h4-13,17H,14-16H2,1-3H3. The van der Waals surface area contributed by atoms with Crippen LogP contribution >= 0.6 is 0 Å². The number of hydrogen-bond donors (Lipinski definition) is 0. The molecule has 3 rings (SSSR count). The fraction of sp³-hybridized carbons (Fsp3) is 0.318. The zero-order valence-corrected chi connectivity index (χ0v) is 17.7. The smallest absolute Gasteiger partial charge is 0.243 e. The number of sulfonamides is 1. The lowest BCUT2D eigenvalue weighted by atomic mass is 10.2. The Morgan fingerprint density at radius 3 is 2.45 bits per heavy atom. The third-order valence-electron chi connectivity index (χ3n) is 4.65. The van der Waals surface area contributed by atoms with Crippen molar-refractivity contribution >= 4 is 10.0 Å². The summed E-state index contributed by atoms with van der Waals surface area (Å²) in [5, 5.41) is 0. The van der Waals surface area contributed by atoms with Crippen molar-refractivity contribution in [2.75, 3.05) is 6.54 Å². The molecule has 2 aromatic carbocycles. The first kappa shape index (κ1) is 21.2.